The maximum absolute atomic E-state index is 4.46. The molecule has 0 spiro atoms. The van der Waals surface area contributed by atoms with Crippen LogP contribution in [0.2, 0.25) is 0 Å². The highest BCUT2D eigenvalue weighted by molar-refractivity contribution is 5.40. The highest BCUT2D eigenvalue weighted by Gasteiger charge is 2.24. The summed E-state index contributed by atoms with van der Waals surface area (Å²) in [7, 11) is 2.01. The van der Waals surface area contributed by atoms with Gasteiger partial charge in [-0.3, -0.25) is 4.68 Å². The highest BCUT2D eigenvalue weighted by Crippen LogP contribution is 2.34. The quantitative estimate of drug-likeness (QED) is 0.909. The van der Waals surface area contributed by atoms with E-state index in [4.69, 9.17) is 0 Å². The topological polar surface area (TPSA) is 29.9 Å². The molecule has 0 radical (unpaired) electrons. The van der Waals surface area contributed by atoms with Crippen LogP contribution in [0.3, 0.4) is 0 Å². The summed E-state index contributed by atoms with van der Waals surface area (Å²) in [4.78, 5) is 0. The van der Waals surface area contributed by atoms with E-state index in [2.05, 4.69) is 48.5 Å². The van der Waals surface area contributed by atoms with E-state index >= 15 is 0 Å². The number of nitrogens with zero attached hydrogens (tertiary/aromatic N) is 2. The molecule has 1 unspecified atom stereocenters. The number of rotatable bonds is 4. The molecule has 0 bridgehead atoms. The van der Waals surface area contributed by atoms with Gasteiger partial charge in [0, 0.05) is 37.3 Å². The van der Waals surface area contributed by atoms with Crippen LogP contribution in [0.4, 0.5) is 0 Å². The Kier molecular flexibility index (Phi) is 3.15. The van der Waals surface area contributed by atoms with Crippen LogP contribution in [0.25, 0.3) is 0 Å². The van der Waals surface area contributed by atoms with Crippen molar-refractivity contribution in [2.24, 2.45) is 7.05 Å². The zero-order valence-electron chi connectivity index (χ0n) is 11.9. The van der Waals surface area contributed by atoms with Crippen molar-refractivity contribution in [3.63, 3.8) is 0 Å². The van der Waals surface area contributed by atoms with Crippen molar-refractivity contribution in [1.29, 1.82) is 0 Å². The van der Waals surface area contributed by atoms with E-state index < -0.39 is 0 Å². The first kappa shape index (κ1) is 12.4. The van der Waals surface area contributed by atoms with Gasteiger partial charge in [0.25, 0.3) is 0 Å². The van der Waals surface area contributed by atoms with E-state index in [1.165, 1.54) is 28.8 Å². The molecular formula is C16H21N3. The minimum absolute atomic E-state index is 0.688. The fraction of sp³-hybridized carbons (Fsp3) is 0.438. The SMILES string of the molecule is Cc1nn(C)c(C)c1CNCC1Cc2ccccc21. The van der Waals surface area contributed by atoms with Crippen LogP contribution in [0.5, 0.6) is 0 Å². The number of benzene rings is 1. The van der Waals surface area contributed by atoms with E-state index in [-0.39, 0.29) is 0 Å². The van der Waals surface area contributed by atoms with Gasteiger partial charge in [-0.05, 0) is 31.4 Å². The second kappa shape index (κ2) is 4.82. The third-order valence-electron chi connectivity index (χ3n) is 4.31. The Balaban J connectivity index is 1.58. The molecule has 3 rings (SSSR count). The third-order valence-corrected chi connectivity index (χ3v) is 4.31. The van der Waals surface area contributed by atoms with E-state index in [0.717, 1.165) is 18.8 Å². The third kappa shape index (κ3) is 2.19. The van der Waals surface area contributed by atoms with Crippen molar-refractivity contribution in [1.82, 2.24) is 15.1 Å². The van der Waals surface area contributed by atoms with Crippen LogP contribution in [0, 0.1) is 13.8 Å². The molecule has 0 saturated carbocycles. The molecule has 1 aliphatic carbocycles. The first-order valence-electron chi connectivity index (χ1n) is 6.94. The number of fused-ring (bicyclic) bond motifs is 1. The molecule has 19 heavy (non-hydrogen) atoms. The smallest absolute Gasteiger partial charge is 0.0641 e. The number of hydrogen-bond acceptors (Lipinski definition) is 2. The molecule has 0 saturated heterocycles. The molecule has 3 heteroatoms. The minimum atomic E-state index is 0.688. The van der Waals surface area contributed by atoms with Crippen molar-refractivity contribution in [3.8, 4) is 0 Å². The summed E-state index contributed by atoms with van der Waals surface area (Å²) in [5.41, 5.74) is 6.79. The molecule has 1 aromatic carbocycles. The summed E-state index contributed by atoms with van der Waals surface area (Å²) >= 11 is 0. The lowest BCUT2D eigenvalue weighted by Crippen LogP contribution is -2.29. The van der Waals surface area contributed by atoms with Crippen molar-refractivity contribution < 1.29 is 0 Å². The predicted octanol–water partition coefficient (Wildman–Crippen LogP) is 2.47. The van der Waals surface area contributed by atoms with Crippen molar-refractivity contribution >= 4 is 0 Å². The van der Waals surface area contributed by atoms with Gasteiger partial charge < -0.3 is 5.32 Å². The maximum atomic E-state index is 4.46. The molecule has 1 heterocycles. The Morgan fingerprint density at radius 1 is 1.32 bits per heavy atom. The second-order valence-corrected chi connectivity index (χ2v) is 5.50. The van der Waals surface area contributed by atoms with Gasteiger partial charge in [0.2, 0.25) is 0 Å². The Labute approximate surface area is 114 Å². The van der Waals surface area contributed by atoms with Gasteiger partial charge in [-0.25, -0.2) is 0 Å². The lowest BCUT2D eigenvalue weighted by Gasteiger charge is -2.30. The Bertz CT molecular complexity index is 598. The van der Waals surface area contributed by atoms with E-state index in [1.807, 2.05) is 11.7 Å². The Morgan fingerprint density at radius 2 is 2.11 bits per heavy atom. The molecule has 1 aliphatic rings. The number of aromatic nitrogens is 2. The zero-order valence-corrected chi connectivity index (χ0v) is 11.9. The summed E-state index contributed by atoms with van der Waals surface area (Å²) in [5, 5.41) is 8.04. The summed E-state index contributed by atoms with van der Waals surface area (Å²) in [6.45, 7) is 6.20. The fourth-order valence-electron chi connectivity index (χ4n) is 2.99. The largest absolute Gasteiger partial charge is 0.312 e. The Hall–Kier alpha value is -1.61. The van der Waals surface area contributed by atoms with Gasteiger partial charge in [0.15, 0.2) is 0 Å². The molecule has 0 amide bonds. The van der Waals surface area contributed by atoms with Crippen LogP contribution >= 0.6 is 0 Å². The molecule has 3 nitrogen and oxygen atoms in total. The number of aryl methyl sites for hydroxylation is 2. The van der Waals surface area contributed by atoms with Crippen molar-refractivity contribution in [2.75, 3.05) is 6.54 Å². The van der Waals surface area contributed by atoms with E-state index in [0.29, 0.717) is 5.92 Å². The molecule has 1 atom stereocenters. The average molecular weight is 255 g/mol. The maximum Gasteiger partial charge on any atom is 0.0641 e. The number of hydrogen-bond donors (Lipinski definition) is 1. The normalized spacial score (nSPS) is 17.1. The van der Waals surface area contributed by atoms with Gasteiger partial charge in [-0.1, -0.05) is 24.3 Å². The van der Waals surface area contributed by atoms with E-state index in [1.54, 1.807) is 0 Å². The van der Waals surface area contributed by atoms with Crippen LogP contribution in [0.15, 0.2) is 24.3 Å². The summed E-state index contributed by atoms with van der Waals surface area (Å²) in [5.74, 6) is 0.688. The second-order valence-electron chi connectivity index (χ2n) is 5.50. The van der Waals surface area contributed by atoms with Crippen molar-refractivity contribution in [2.45, 2.75) is 32.7 Å². The first-order valence-corrected chi connectivity index (χ1v) is 6.94. The van der Waals surface area contributed by atoms with Gasteiger partial charge in [-0.2, -0.15) is 5.10 Å². The molecule has 0 aliphatic heterocycles. The molecular weight excluding hydrogens is 234 g/mol. The lowest BCUT2D eigenvalue weighted by atomic mass is 9.77. The minimum Gasteiger partial charge on any atom is -0.312 e. The monoisotopic (exact) mass is 255 g/mol. The zero-order chi connectivity index (χ0) is 13.4. The van der Waals surface area contributed by atoms with Crippen LogP contribution in [-0.4, -0.2) is 16.3 Å². The summed E-state index contributed by atoms with van der Waals surface area (Å²) in [6, 6.07) is 8.76. The predicted molar refractivity (Wildman–Crippen MR) is 77.3 cm³/mol. The van der Waals surface area contributed by atoms with Crippen LogP contribution in [-0.2, 0) is 20.0 Å². The standard InChI is InChI=1S/C16H21N3/c1-11-16(12(2)19(3)18-11)10-17-9-14-8-13-6-4-5-7-15(13)14/h4-7,14,17H,8-10H2,1-3H3. The molecule has 0 fully saturated rings. The molecule has 100 valence electrons. The van der Waals surface area contributed by atoms with Crippen LogP contribution in [0.1, 0.15) is 34.0 Å². The van der Waals surface area contributed by atoms with Gasteiger partial charge in [-0.15, -0.1) is 0 Å². The van der Waals surface area contributed by atoms with E-state index in [9.17, 15) is 0 Å². The average Bonchev–Trinajstić information content (AvgIpc) is 2.61. The molecule has 2 aromatic rings. The Morgan fingerprint density at radius 3 is 2.79 bits per heavy atom. The van der Waals surface area contributed by atoms with Gasteiger partial charge >= 0.3 is 0 Å². The molecule has 1 aromatic heterocycles. The first-order chi connectivity index (χ1) is 9.16. The fourth-order valence-corrected chi connectivity index (χ4v) is 2.99. The summed E-state index contributed by atoms with van der Waals surface area (Å²) in [6.07, 6.45) is 1.22. The van der Waals surface area contributed by atoms with Crippen LogP contribution < -0.4 is 5.32 Å². The lowest BCUT2D eigenvalue weighted by molar-refractivity contribution is 0.534. The molecule has 1 N–H and O–H groups in total. The highest BCUT2D eigenvalue weighted by atomic mass is 15.3. The number of nitrogens with one attached hydrogen (secondary N) is 1. The van der Waals surface area contributed by atoms with Crippen molar-refractivity contribution in [3.05, 3.63) is 52.3 Å². The summed E-state index contributed by atoms with van der Waals surface area (Å²) < 4.78 is 1.96. The van der Waals surface area contributed by atoms with Gasteiger partial charge in [0.05, 0.1) is 5.69 Å². The van der Waals surface area contributed by atoms with Gasteiger partial charge in [0.1, 0.15) is 0 Å².